The summed E-state index contributed by atoms with van der Waals surface area (Å²) in [5.41, 5.74) is 4.70. The lowest BCUT2D eigenvalue weighted by molar-refractivity contribution is -0.137. The zero-order valence-electron chi connectivity index (χ0n) is 17.7. The summed E-state index contributed by atoms with van der Waals surface area (Å²) in [5.74, 6) is -1.19. The fourth-order valence-electron chi connectivity index (χ4n) is 3.39. The van der Waals surface area contributed by atoms with Gasteiger partial charge in [-0.1, -0.05) is 60.7 Å². The van der Waals surface area contributed by atoms with Gasteiger partial charge < -0.3 is 15.7 Å². The van der Waals surface area contributed by atoms with Crippen molar-refractivity contribution in [3.63, 3.8) is 0 Å². The number of carbonyl (C=O) groups excluding carboxylic acids is 1. The van der Waals surface area contributed by atoms with Crippen LogP contribution in [0.25, 0.3) is 0 Å². The molecule has 0 aliphatic carbocycles. The fourth-order valence-corrected chi connectivity index (χ4v) is 3.39. The zero-order valence-corrected chi connectivity index (χ0v) is 17.7. The number of anilines is 2. The Morgan fingerprint density at radius 2 is 1.61 bits per heavy atom. The second-order valence-electron chi connectivity index (χ2n) is 7.58. The lowest BCUT2D eigenvalue weighted by Gasteiger charge is -2.17. The van der Waals surface area contributed by atoms with Crippen molar-refractivity contribution in [1.82, 2.24) is 0 Å². The number of amides is 1. The van der Waals surface area contributed by atoms with Gasteiger partial charge in [-0.05, 0) is 54.7 Å². The Hall–Kier alpha value is -3.60. The van der Waals surface area contributed by atoms with Crippen LogP contribution in [-0.4, -0.2) is 17.0 Å². The van der Waals surface area contributed by atoms with Crippen molar-refractivity contribution in [2.24, 2.45) is 0 Å². The molecule has 3 rings (SSSR count). The van der Waals surface area contributed by atoms with E-state index in [1.165, 1.54) is 0 Å². The van der Waals surface area contributed by atoms with Gasteiger partial charge in [0.15, 0.2) is 0 Å². The molecule has 0 radical (unpaired) electrons. The minimum absolute atomic E-state index is 0.0844. The Labute approximate surface area is 183 Å². The molecule has 0 heterocycles. The molecule has 0 aliphatic rings. The molecule has 0 aliphatic heterocycles. The van der Waals surface area contributed by atoms with Crippen LogP contribution in [0.4, 0.5) is 11.4 Å². The number of nitrogens with one attached hydrogen (secondary N) is 2. The molecule has 1 amide bonds. The molecule has 3 aromatic rings. The maximum absolute atomic E-state index is 12.9. The number of carbonyl (C=O) groups is 2. The largest absolute Gasteiger partial charge is 0.481 e. The lowest BCUT2D eigenvalue weighted by Crippen LogP contribution is -2.20. The average molecular weight is 417 g/mol. The first kappa shape index (κ1) is 22.1. The SMILES string of the molecule is CC(C(=O)Nc1cc(CNc2ccccc2)ccc1CCCC(=O)O)c1ccccc1. The van der Waals surface area contributed by atoms with E-state index in [1.807, 2.05) is 85.8 Å². The maximum atomic E-state index is 12.9. The van der Waals surface area contributed by atoms with Crippen LogP contribution >= 0.6 is 0 Å². The highest BCUT2D eigenvalue weighted by Crippen LogP contribution is 2.24. The summed E-state index contributed by atoms with van der Waals surface area (Å²) in [5, 5.41) is 15.4. The summed E-state index contributed by atoms with van der Waals surface area (Å²) in [4.78, 5) is 23.8. The Kier molecular flexibility index (Phi) is 7.82. The van der Waals surface area contributed by atoms with E-state index in [1.54, 1.807) is 0 Å². The first-order valence-electron chi connectivity index (χ1n) is 10.5. The number of para-hydroxylation sites is 1. The first-order chi connectivity index (χ1) is 15.0. The van der Waals surface area contributed by atoms with Crippen molar-refractivity contribution in [2.45, 2.75) is 38.6 Å². The van der Waals surface area contributed by atoms with Gasteiger partial charge >= 0.3 is 5.97 Å². The quantitative estimate of drug-likeness (QED) is 0.411. The molecule has 0 saturated heterocycles. The van der Waals surface area contributed by atoms with Gasteiger partial charge in [-0.3, -0.25) is 9.59 Å². The topological polar surface area (TPSA) is 78.4 Å². The van der Waals surface area contributed by atoms with Crippen LogP contribution in [0, 0.1) is 0 Å². The number of carboxylic acid groups (broad SMARTS) is 1. The van der Waals surface area contributed by atoms with Gasteiger partial charge in [0.1, 0.15) is 0 Å². The Morgan fingerprint density at radius 1 is 0.935 bits per heavy atom. The summed E-state index contributed by atoms with van der Waals surface area (Å²) in [6.45, 7) is 2.51. The Bertz CT molecular complexity index is 1000. The second kappa shape index (κ2) is 11.0. The Morgan fingerprint density at radius 3 is 2.29 bits per heavy atom. The lowest BCUT2D eigenvalue weighted by atomic mass is 9.99. The van der Waals surface area contributed by atoms with Gasteiger partial charge in [-0.2, -0.15) is 0 Å². The van der Waals surface area contributed by atoms with Crippen molar-refractivity contribution in [3.05, 3.63) is 95.6 Å². The number of carboxylic acids is 1. The molecule has 31 heavy (non-hydrogen) atoms. The van der Waals surface area contributed by atoms with Crippen LogP contribution in [0.2, 0.25) is 0 Å². The third kappa shape index (κ3) is 6.71. The Balaban J connectivity index is 1.75. The number of aryl methyl sites for hydroxylation is 1. The normalized spacial score (nSPS) is 11.5. The smallest absolute Gasteiger partial charge is 0.303 e. The summed E-state index contributed by atoms with van der Waals surface area (Å²) >= 11 is 0. The van der Waals surface area contributed by atoms with E-state index >= 15 is 0 Å². The molecule has 1 atom stereocenters. The highest BCUT2D eigenvalue weighted by molar-refractivity contribution is 5.96. The van der Waals surface area contributed by atoms with Crippen molar-refractivity contribution in [1.29, 1.82) is 0 Å². The van der Waals surface area contributed by atoms with Crippen molar-refractivity contribution in [3.8, 4) is 0 Å². The molecule has 3 aromatic carbocycles. The van der Waals surface area contributed by atoms with E-state index in [0.29, 0.717) is 19.4 Å². The minimum Gasteiger partial charge on any atom is -0.481 e. The predicted octanol–water partition coefficient (Wildman–Crippen LogP) is 5.45. The van der Waals surface area contributed by atoms with Gasteiger partial charge in [0.2, 0.25) is 5.91 Å². The van der Waals surface area contributed by atoms with Gasteiger partial charge in [-0.15, -0.1) is 0 Å². The van der Waals surface area contributed by atoms with Crippen LogP contribution in [0.15, 0.2) is 78.9 Å². The number of rotatable bonds is 10. The van der Waals surface area contributed by atoms with Crippen LogP contribution in [-0.2, 0) is 22.6 Å². The van der Waals surface area contributed by atoms with Crippen LogP contribution in [0.1, 0.15) is 42.4 Å². The molecule has 0 aromatic heterocycles. The monoisotopic (exact) mass is 416 g/mol. The van der Waals surface area contributed by atoms with E-state index in [0.717, 1.165) is 28.1 Å². The van der Waals surface area contributed by atoms with E-state index in [-0.39, 0.29) is 18.2 Å². The molecule has 0 spiro atoms. The number of aliphatic carboxylic acids is 1. The van der Waals surface area contributed by atoms with Gasteiger partial charge in [0.25, 0.3) is 0 Å². The zero-order chi connectivity index (χ0) is 22.1. The van der Waals surface area contributed by atoms with E-state index < -0.39 is 5.97 Å². The van der Waals surface area contributed by atoms with Crippen LogP contribution in [0.3, 0.4) is 0 Å². The van der Waals surface area contributed by atoms with Gasteiger partial charge in [0.05, 0.1) is 5.92 Å². The molecular formula is C26H28N2O3. The molecule has 0 bridgehead atoms. The van der Waals surface area contributed by atoms with Crippen LogP contribution in [0.5, 0.6) is 0 Å². The third-order valence-corrected chi connectivity index (χ3v) is 5.23. The number of benzene rings is 3. The van der Waals surface area contributed by atoms with Gasteiger partial charge in [-0.25, -0.2) is 0 Å². The van der Waals surface area contributed by atoms with Gasteiger partial charge in [0, 0.05) is 24.3 Å². The van der Waals surface area contributed by atoms with Crippen molar-refractivity contribution < 1.29 is 14.7 Å². The minimum atomic E-state index is -0.813. The molecular weight excluding hydrogens is 388 g/mol. The summed E-state index contributed by atoms with van der Waals surface area (Å²) in [6.07, 6.45) is 1.22. The predicted molar refractivity (Wildman–Crippen MR) is 124 cm³/mol. The fraction of sp³-hybridized carbons (Fsp3) is 0.231. The van der Waals surface area contributed by atoms with E-state index in [2.05, 4.69) is 10.6 Å². The van der Waals surface area contributed by atoms with Crippen molar-refractivity contribution >= 4 is 23.3 Å². The van der Waals surface area contributed by atoms with Crippen LogP contribution < -0.4 is 10.6 Å². The molecule has 0 saturated carbocycles. The molecule has 5 nitrogen and oxygen atoms in total. The third-order valence-electron chi connectivity index (χ3n) is 5.23. The maximum Gasteiger partial charge on any atom is 0.303 e. The second-order valence-corrected chi connectivity index (χ2v) is 7.58. The van der Waals surface area contributed by atoms with Crippen molar-refractivity contribution in [2.75, 3.05) is 10.6 Å². The first-order valence-corrected chi connectivity index (χ1v) is 10.5. The molecule has 3 N–H and O–H groups in total. The summed E-state index contributed by atoms with van der Waals surface area (Å²) in [6, 6.07) is 25.6. The summed E-state index contributed by atoms with van der Waals surface area (Å²) in [7, 11) is 0. The molecule has 5 heteroatoms. The molecule has 1 unspecified atom stereocenters. The van der Waals surface area contributed by atoms with E-state index in [4.69, 9.17) is 5.11 Å². The number of hydrogen-bond acceptors (Lipinski definition) is 3. The molecule has 160 valence electrons. The van der Waals surface area contributed by atoms with E-state index in [9.17, 15) is 9.59 Å². The highest BCUT2D eigenvalue weighted by Gasteiger charge is 2.17. The average Bonchev–Trinajstić information content (AvgIpc) is 2.79. The highest BCUT2D eigenvalue weighted by atomic mass is 16.4. The number of hydrogen-bond donors (Lipinski definition) is 3. The molecule has 0 fully saturated rings. The standard InChI is InChI=1S/C26H28N2O3/c1-19(21-9-4-2-5-10-21)26(31)28-24-17-20(18-27-23-12-6-3-7-13-23)15-16-22(24)11-8-14-25(29)30/h2-7,9-10,12-13,15-17,19,27H,8,11,14,18H2,1H3,(H,28,31)(H,29,30). The summed E-state index contributed by atoms with van der Waals surface area (Å²) < 4.78 is 0.